The van der Waals surface area contributed by atoms with E-state index in [1.54, 1.807) is 18.2 Å². The number of anilines is 1. The first-order valence-corrected chi connectivity index (χ1v) is 11.5. The van der Waals surface area contributed by atoms with Gasteiger partial charge in [-0.1, -0.05) is 36.4 Å². The molecular formula is C26H24N6O4. The molecule has 0 atom stereocenters. The summed E-state index contributed by atoms with van der Waals surface area (Å²) in [5.41, 5.74) is 0.813. The van der Waals surface area contributed by atoms with Gasteiger partial charge in [0.25, 0.3) is 5.56 Å². The largest absolute Gasteiger partial charge is 0.493 e. The predicted molar refractivity (Wildman–Crippen MR) is 142 cm³/mol. The van der Waals surface area contributed by atoms with Gasteiger partial charge < -0.3 is 20.0 Å². The second-order valence-corrected chi connectivity index (χ2v) is 8.23. The van der Waals surface area contributed by atoms with Gasteiger partial charge in [-0.3, -0.25) is 14.8 Å². The summed E-state index contributed by atoms with van der Waals surface area (Å²) in [6, 6.07) is 16.3. The van der Waals surface area contributed by atoms with Gasteiger partial charge in [0.05, 0.1) is 28.1 Å². The molecule has 0 amide bonds. The Morgan fingerprint density at radius 3 is 2.39 bits per heavy atom. The maximum Gasteiger partial charge on any atom is 0.335 e. The van der Waals surface area contributed by atoms with E-state index in [9.17, 15) is 19.5 Å². The van der Waals surface area contributed by atoms with Crippen LogP contribution in [-0.4, -0.2) is 43.9 Å². The number of aliphatic imine (C=N–C) groups is 1. The Balaban J connectivity index is 1.69. The van der Waals surface area contributed by atoms with E-state index in [4.69, 9.17) is 0 Å². The molecule has 36 heavy (non-hydrogen) atoms. The molecule has 0 radical (unpaired) electrons. The molecule has 4 N–H and O–H groups in total. The Kier molecular flexibility index (Phi) is 5.77. The average Bonchev–Trinajstić information content (AvgIpc) is 3.23. The van der Waals surface area contributed by atoms with Crippen LogP contribution in [0.3, 0.4) is 0 Å². The van der Waals surface area contributed by atoms with Crippen molar-refractivity contribution in [2.75, 3.05) is 18.0 Å². The Labute approximate surface area is 204 Å². The van der Waals surface area contributed by atoms with Crippen LogP contribution >= 0.6 is 0 Å². The average molecular weight is 485 g/mol. The van der Waals surface area contributed by atoms with Crippen LogP contribution in [0, 0.1) is 0 Å². The lowest BCUT2D eigenvalue weighted by molar-refractivity contribution is 0.430. The lowest BCUT2D eigenvalue weighted by atomic mass is 10.1. The fourth-order valence-electron chi connectivity index (χ4n) is 4.40. The van der Waals surface area contributed by atoms with Gasteiger partial charge in [0, 0.05) is 24.7 Å². The van der Waals surface area contributed by atoms with Crippen molar-refractivity contribution in [1.82, 2.24) is 19.5 Å². The van der Waals surface area contributed by atoms with Crippen molar-refractivity contribution in [3.8, 4) is 11.6 Å². The van der Waals surface area contributed by atoms with E-state index in [0.717, 1.165) is 21.0 Å². The summed E-state index contributed by atoms with van der Waals surface area (Å²) < 4.78 is 1.06. The number of benzene rings is 3. The van der Waals surface area contributed by atoms with Crippen LogP contribution in [0.5, 0.6) is 5.88 Å². The lowest BCUT2D eigenvalue weighted by Gasteiger charge is -2.22. The number of fused-ring (bicyclic) bond motifs is 2. The molecule has 3 aromatic carbocycles. The van der Waals surface area contributed by atoms with Crippen molar-refractivity contribution in [3.63, 3.8) is 0 Å². The summed E-state index contributed by atoms with van der Waals surface area (Å²) in [5, 5.41) is 12.7. The van der Waals surface area contributed by atoms with Crippen LogP contribution in [0.15, 0.2) is 74.0 Å². The Bertz CT molecular complexity index is 1800. The molecule has 0 saturated carbocycles. The molecule has 10 nitrogen and oxygen atoms in total. The maximum atomic E-state index is 12.8. The van der Waals surface area contributed by atoms with Gasteiger partial charge in [0.15, 0.2) is 0 Å². The number of aromatic hydroxyl groups is 1. The molecule has 0 aliphatic heterocycles. The zero-order valence-electron chi connectivity index (χ0n) is 19.7. The molecule has 0 fully saturated rings. The van der Waals surface area contributed by atoms with Crippen molar-refractivity contribution in [2.24, 2.45) is 4.99 Å². The zero-order chi connectivity index (χ0) is 25.4. The summed E-state index contributed by atoms with van der Waals surface area (Å²) in [6.07, 6.45) is 1.23. The van der Waals surface area contributed by atoms with Crippen LogP contribution in [0.2, 0.25) is 0 Å². The highest BCUT2D eigenvalue weighted by Gasteiger charge is 2.17. The molecule has 10 heteroatoms. The van der Waals surface area contributed by atoms with E-state index in [0.29, 0.717) is 35.5 Å². The number of nitrogens with zero attached hydrogens (tertiary/aromatic N) is 3. The molecule has 5 aromatic rings. The van der Waals surface area contributed by atoms with Crippen LogP contribution in [-0.2, 0) is 0 Å². The monoisotopic (exact) mass is 484 g/mol. The minimum Gasteiger partial charge on any atom is -0.493 e. The van der Waals surface area contributed by atoms with Crippen molar-refractivity contribution in [2.45, 2.75) is 13.8 Å². The number of aromatic nitrogens is 4. The first kappa shape index (κ1) is 22.9. The molecule has 0 aliphatic rings. The molecule has 182 valence electrons. The van der Waals surface area contributed by atoms with E-state index in [2.05, 4.69) is 24.8 Å². The Hall–Kier alpha value is -4.86. The standard InChI is InChI=1S/C26H24N6O4/c1-3-31(4-2)22-13-19-18(28-25(35)29-19)12-20(22)27-14-17-23(33)30-26(36)32(24(17)34)21-11-7-9-15-8-5-6-10-16(15)21/h5-14,34H,3-4H2,1-2H3,(H2,28,29,35)(H,30,33,36). The Morgan fingerprint density at radius 2 is 1.64 bits per heavy atom. The third-order valence-electron chi connectivity index (χ3n) is 6.18. The van der Waals surface area contributed by atoms with E-state index in [1.807, 2.05) is 50.2 Å². The van der Waals surface area contributed by atoms with Crippen LogP contribution < -0.4 is 21.8 Å². The SMILES string of the molecule is CCN(CC)c1cc2[nH]c(=O)[nH]c2cc1N=Cc1c(O)n(-c2cccc3ccccc23)c(=O)[nH]c1=O. The number of hydrogen-bond acceptors (Lipinski definition) is 6. The van der Waals surface area contributed by atoms with Crippen molar-refractivity contribution >= 4 is 39.4 Å². The summed E-state index contributed by atoms with van der Waals surface area (Å²) in [4.78, 5) is 51.6. The number of hydrogen-bond donors (Lipinski definition) is 4. The number of aromatic amines is 3. The normalized spacial score (nSPS) is 11.6. The second kappa shape index (κ2) is 9.06. The molecule has 0 saturated heterocycles. The number of nitrogens with one attached hydrogen (secondary N) is 3. The molecule has 0 spiro atoms. The first-order valence-electron chi connectivity index (χ1n) is 11.5. The van der Waals surface area contributed by atoms with E-state index < -0.39 is 17.1 Å². The van der Waals surface area contributed by atoms with Gasteiger partial charge in [-0.15, -0.1) is 0 Å². The van der Waals surface area contributed by atoms with Crippen molar-refractivity contribution in [3.05, 3.63) is 91.5 Å². The second-order valence-electron chi connectivity index (χ2n) is 8.23. The van der Waals surface area contributed by atoms with Crippen LogP contribution in [0.25, 0.3) is 27.5 Å². The van der Waals surface area contributed by atoms with Gasteiger partial charge in [-0.05, 0) is 37.4 Å². The van der Waals surface area contributed by atoms with Gasteiger partial charge >= 0.3 is 11.4 Å². The third kappa shape index (κ3) is 3.88. The highest BCUT2D eigenvalue weighted by atomic mass is 16.3. The minimum atomic E-state index is -0.766. The quantitative estimate of drug-likeness (QED) is 0.274. The molecule has 5 rings (SSSR count). The smallest absolute Gasteiger partial charge is 0.335 e. The molecule has 0 unspecified atom stereocenters. The molecule has 0 aliphatic carbocycles. The van der Waals surface area contributed by atoms with E-state index >= 15 is 0 Å². The van der Waals surface area contributed by atoms with Gasteiger partial charge in [0.2, 0.25) is 5.88 Å². The summed E-state index contributed by atoms with van der Waals surface area (Å²) >= 11 is 0. The van der Waals surface area contributed by atoms with E-state index in [1.165, 1.54) is 6.21 Å². The van der Waals surface area contributed by atoms with Crippen LogP contribution in [0.4, 0.5) is 11.4 Å². The molecular weight excluding hydrogens is 460 g/mol. The molecule has 2 aromatic heterocycles. The maximum absolute atomic E-state index is 12.8. The molecule has 2 heterocycles. The van der Waals surface area contributed by atoms with Gasteiger partial charge in [-0.2, -0.15) is 0 Å². The minimum absolute atomic E-state index is 0.171. The third-order valence-corrected chi connectivity index (χ3v) is 6.18. The Morgan fingerprint density at radius 1 is 0.944 bits per heavy atom. The first-order chi connectivity index (χ1) is 17.4. The summed E-state index contributed by atoms with van der Waals surface area (Å²) in [6.45, 7) is 5.38. The highest BCUT2D eigenvalue weighted by Crippen LogP contribution is 2.32. The summed E-state index contributed by atoms with van der Waals surface area (Å²) in [5.74, 6) is -0.524. The fraction of sp³-hybridized carbons (Fsp3) is 0.154. The van der Waals surface area contributed by atoms with Crippen molar-refractivity contribution < 1.29 is 5.11 Å². The van der Waals surface area contributed by atoms with Crippen LogP contribution in [0.1, 0.15) is 19.4 Å². The van der Waals surface area contributed by atoms with Gasteiger partial charge in [-0.25, -0.2) is 14.2 Å². The van der Waals surface area contributed by atoms with Gasteiger partial charge in [0.1, 0.15) is 5.56 Å². The van der Waals surface area contributed by atoms with Crippen molar-refractivity contribution in [1.29, 1.82) is 0 Å². The fourth-order valence-corrected chi connectivity index (χ4v) is 4.40. The number of H-pyrrole nitrogens is 3. The number of rotatable bonds is 6. The number of imidazole rings is 1. The lowest BCUT2D eigenvalue weighted by Crippen LogP contribution is -2.31. The molecule has 0 bridgehead atoms. The van der Waals surface area contributed by atoms with E-state index in [-0.39, 0.29) is 11.3 Å². The predicted octanol–water partition coefficient (Wildman–Crippen LogP) is 3.15. The zero-order valence-corrected chi connectivity index (χ0v) is 19.7. The summed E-state index contributed by atoms with van der Waals surface area (Å²) in [7, 11) is 0. The highest BCUT2D eigenvalue weighted by molar-refractivity contribution is 5.93. The topological polar surface area (TPSA) is 139 Å².